The van der Waals surface area contributed by atoms with Crippen LogP contribution in [0.5, 0.6) is 0 Å². The Bertz CT molecular complexity index is 538. The topological polar surface area (TPSA) is 55.4 Å². The van der Waals surface area contributed by atoms with E-state index in [-0.39, 0.29) is 30.9 Å². The first-order chi connectivity index (χ1) is 11.0. The molecule has 1 aromatic carbocycles. The number of nitrogens with one attached hydrogen (secondary N) is 1. The fourth-order valence-electron chi connectivity index (χ4n) is 3.10. The first kappa shape index (κ1) is 17.5. The van der Waals surface area contributed by atoms with E-state index < -0.39 is 0 Å². The van der Waals surface area contributed by atoms with Crippen molar-refractivity contribution >= 4 is 11.9 Å². The number of hydrogen-bond acceptors (Lipinski definition) is 3. The molecule has 1 fully saturated rings. The molecule has 1 aliphatic rings. The maximum Gasteiger partial charge on any atom is 0.310 e. The second-order valence-electron chi connectivity index (χ2n) is 6.76. The van der Waals surface area contributed by atoms with Crippen molar-refractivity contribution in [2.45, 2.75) is 52.5 Å². The first-order valence-corrected chi connectivity index (χ1v) is 8.46. The number of carbonyl (C=O) groups is 2. The Hall–Kier alpha value is -1.84. The summed E-state index contributed by atoms with van der Waals surface area (Å²) in [4.78, 5) is 23.8. The summed E-state index contributed by atoms with van der Waals surface area (Å²) >= 11 is 0. The van der Waals surface area contributed by atoms with Gasteiger partial charge in [0.1, 0.15) is 0 Å². The molecule has 0 aromatic heterocycles. The molecule has 23 heavy (non-hydrogen) atoms. The molecule has 0 radical (unpaired) electrons. The van der Waals surface area contributed by atoms with Crippen LogP contribution in [0.2, 0.25) is 0 Å². The highest BCUT2D eigenvalue weighted by molar-refractivity contribution is 5.81. The maximum absolute atomic E-state index is 12.0. The fourth-order valence-corrected chi connectivity index (χ4v) is 3.10. The van der Waals surface area contributed by atoms with Crippen LogP contribution in [-0.2, 0) is 20.7 Å². The Labute approximate surface area is 138 Å². The number of rotatable bonds is 5. The Kier molecular flexibility index (Phi) is 6.20. The molecule has 0 aliphatic heterocycles. The molecule has 0 spiro atoms. The van der Waals surface area contributed by atoms with Crippen molar-refractivity contribution in [3.8, 4) is 0 Å². The van der Waals surface area contributed by atoms with Gasteiger partial charge in [-0.1, -0.05) is 56.5 Å². The number of benzene rings is 1. The van der Waals surface area contributed by atoms with Crippen molar-refractivity contribution < 1.29 is 14.3 Å². The fraction of sp³-hybridized carbons (Fsp3) is 0.579. The van der Waals surface area contributed by atoms with Gasteiger partial charge >= 0.3 is 5.97 Å². The lowest BCUT2D eigenvalue weighted by Crippen LogP contribution is -2.45. The molecule has 0 saturated heterocycles. The van der Waals surface area contributed by atoms with E-state index in [0.29, 0.717) is 11.8 Å². The van der Waals surface area contributed by atoms with Crippen LogP contribution in [0.1, 0.15) is 44.2 Å². The van der Waals surface area contributed by atoms with Crippen LogP contribution in [0.3, 0.4) is 0 Å². The van der Waals surface area contributed by atoms with Crippen molar-refractivity contribution in [3.05, 3.63) is 35.4 Å². The SMILES string of the molecule is Cc1ccc(CC(=O)OCC(=O)N[C@@H]2CCC[C@@H](C)[C@@H]2C)cc1. The zero-order valence-electron chi connectivity index (χ0n) is 14.3. The Balaban J connectivity index is 1.73. The molecule has 1 aliphatic carbocycles. The molecular formula is C19H27NO3. The zero-order valence-corrected chi connectivity index (χ0v) is 14.3. The van der Waals surface area contributed by atoms with Gasteiger partial charge in [-0.2, -0.15) is 0 Å². The Morgan fingerprint density at radius 1 is 1.17 bits per heavy atom. The number of esters is 1. The van der Waals surface area contributed by atoms with E-state index in [9.17, 15) is 9.59 Å². The van der Waals surface area contributed by atoms with Crippen LogP contribution in [0.4, 0.5) is 0 Å². The second-order valence-corrected chi connectivity index (χ2v) is 6.76. The van der Waals surface area contributed by atoms with Gasteiger partial charge in [-0.05, 0) is 30.7 Å². The zero-order chi connectivity index (χ0) is 16.8. The van der Waals surface area contributed by atoms with Crippen molar-refractivity contribution in [3.63, 3.8) is 0 Å². The van der Waals surface area contributed by atoms with Gasteiger partial charge in [0.25, 0.3) is 5.91 Å². The summed E-state index contributed by atoms with van der Waals surface area (Å²) in [5, 5.41) is 3.01. The van der Waals surface area contributed by atoms with E-state index in [1.54, 1.807) is 0 Å². The van der Waals surface area contributed by atoms with Crippen molar-refractivity contribution in [2.75, 3.05) is 6.61 Å². The summed E-state index contributed by atoms with van der Waals surface area (Å²) in [6, 6.07) is 7.92. The summed E-state index contributed by atoms with van der Waals surface area (Å²) in [7, 11) is 0. The molecule has 3 atom stereocenters. The van der Waals surface area contributed by atoms with Gasteiger partial charge in [0.05, 0.1) is 6.42 Å². The Morgan fingerprint density at radius 3 is 2.57 bits per heavy atom. The van der Waals surface area contributed by atoms with Gasteiger partial charge in [0, 0.05) is 6.04 Å². The lowest BCUT2D eigenvalue weighted by Gasteiger charge is -2.34. The molecule has 1 amide bonds. The molecule has 4 nitrogen and oxygen atoms in total. The molecule has 1 aromatic rings. The summed E-state index contributed by atoms with van der Waals surface area (Å²) in [6.45, 7) is 6.21. The van der Waals surface area contributed by atoms with Gasteiger partial charge < -0.3 is 10.1 Å². The van der Waals surface area contributed by atoms with E-state index in [1.807, 2.05) is 31.2 Å². The number of amides is 1. The van der Waals surface area contributed by atoms with Crippen LogP contribution in [0, 0.1) is 18.8 Å². The minimum Gasteiger partial charge on any atom is -0.455 e. The third kappa shape index (κ3) is 5.38. The van der Waals surface area contributed by atoms with Gasteiger partial charge in [0.2, 0.25) is 0 Å². The van der Waals surface area contributed by atoms with E-state index in [4.69, 9.17) is 4.74 Å². The highest BCUT2D eigenvalue weighted by Crippen LogP contribution is 2.29. The quantitative estimate of drug-likeness (QED) is 0.849. The lowest BCUT2D eigenvalue weighted by molar-refractivity contribution is -0.148. The van der Waals surface area contributed by atoms with Crippen LogP contribution in [0.15, 0.2) is 24.3 Å². The Morgan fingerprint density at radius 2 is 1.87 bits per heavy atom. The summed E-state index contributed by atoms with van der Waals surface area (Å²) in [6.07, 6.45) is 3.57. The van der Waals surface area contributed by atoms with Crippen LogP contribution < -0.4 is 5.32 Å². The molecule has 4 heteroatoms. The number of aryl methyl sites for hydroxylation is 1. The van der Waals surface area contributed by atoms with E-state index in [0.717, 1.165) is 24.0 Å². The predicted octanol–water partition coefficient (Wildman–Crippen LogP) is 3.02. The van der Waals surface area contributed by atoms with Crippen LogP contribution in [0.25, 0.3) is 0 Å². The van der Waals surface area contributed by atoms with Gasteiger partial charge in [-0.3, -0.25) is 9.59 Å². The van der Waals surface area contributed by atoms with Gasteiger partial charge in [-0.25, -0.2) is 0 Å². The molecule has 126 valence electrons. The normalized spacial score (nSPS) is 24.0. The van der Waals surface area contributed by atoms with E-state index in [1.165, 1.54) is 6.42 Å². The van der Waals surface area contributed by atoms with Crippen LogP contribution >= 0.6 is 0 Å². The molecule has 1 saturated carbocycles. The number of ether oxygens (including phenoxy) is 1. The van der Waals surface area contributed by atoms with Crippen molar-refractivity contribution in [1.82, 2.24) is 5.32 Å². The summed E-state index contributed by atoms with van der Waals surface area (Å²) in [5.74, 6) is 0.524. The summed E-state index contributed by atoms with van der Waals surface area (Å²) in [5.41, 5.74) is 2.05. The molecule has 0 bridgehead atoms. The van der Waals surface area contributed by atoms with Crippen LogP contribution in [-0.4, -0.2) is 24.5 Å². The molecular weight excluding hydrogens is 290 g/mol. The standard InChI is InChI=1S/C19H27NO3/c1-13-7-9-16(10-8-13)11-19(22)23-12-18(21)20-17-6-4-5-14(2)15(17)3/h7-10,14-15,17H,4-6,11-12H2,1-3H3,(H,20,21)/t14-,15+,17-/m1/s1. The number of carbonyl (C=O) groups excluding carboxylic acids is 2. The van der Waals surface area contributed by atoms with Gasteiger partial charge in [-0.15, -0.1) is 0 Å². The highest BCUT2D eigenvalue weighted by atomic mass is 16.5. The lowest BCUT2D eigenvalue weighted by atomic mass is 9.78. The van der Waals surface area contributed by atoms with Crippen molar-refractivity contribution in [2.24, 2.45) is 11.8 Å². The van der Waals surface area contributed by atoms with Gasteiger partial charge in [0.15, 0.2) is 6.61 Å². The third-order valence-electron chi connectivity index (χ3n) is 4.89. The monoisotopic (exact) mass is 317 g/mol. The third-order valence-corrected chi connectivity index (χ3v) is 4.89. The van der Waals surface area contributed by atoms with E-state index >= 15 is 0 Å². The van der Waals surface area contributed by atoms with Crippen molar-refractivity contribution in [1.29, 1.82) is 0 Å². The average molecular weight is 317 g/mol. The number of hydrogen-bond donors (Lipinski definition) is 1. The molecule has 0 heterocycles. The smallest absolute Gasteiger partial charge is 0.310 e. The maximum atomic E-state index is 12.0. The average Bonchev–Trinajstić information content (AvgIpc) is 2.52. The molecule has 1 N–H and O–H groups in total. The summed E-state index contributed by atoms with van der Waals surface area (Å²) < 4.78 is 5.09. The highest BCUT2D eigenvalue weighted by Gasteiger charge is 2.28. The molecule has 0 unspecified atom stereocenters. The minimum absolute atomic E-state index is 0.192. The van der Waals surface area contributed by atoms with E-state index in [2.05, 4.69) is 19.2 Å². The predicted molar refractivity (Wildman–Crippen MR) is 90.0 cm³/mol. The molecule has 2 rings (SSSR count). The minimum atomic E-state index is -0.367. The largest absolute Gasteiger partial charge is 0.455 e. The first-order valence-electron chi connectivity index (χ1n) is 8.46. The second kappa shape index (κ2) is 8.14.